The monoisotopic (exact) mass is 407 g/mol. The third-order valence-corrected chi connectivity index (χ3v) is 5.22. The van der Waals surface area contributed by atoms with Crippen molar-refractivity contribution >= 4 is 23.5 Å². The predicted octanol–water partition coefficient (Wildman–Crippen LogP) is 1.35. The van der Waals surface area contributed by atoms with Gasteiger partial charge in [0.25, 0.3) is 5.91 Å². The van der Waals surface area contributed by atoms with Crippen molar-refractivity contribution in [3.63, 3.8) is 0 Å². The lowest BCUT2D eigenvalue weighted by atomic mass is 9.97. The Labute approximate surface area is 175 Å². The highest BCUT2D eigenvalue weighted by Gasteiger charge is 2.35. The van der Waals surface area contributed by atoms with Gasteiger partial charge < -0.3 is 16.0 Å². The van der Waals surface area contributed by atoms with Crippen LogP contribution in [0.15, 0.2) is 60.7 Å². The lowest BCUT2D eigenvalue weighted by Gasteiger charge is -2.35. The quantitative estimate of drug-likeness (QED) is 0.644. The number of likely N-dealkylation sites (tertiary alicyclic amines) is 1. The van der Waals surface area contributed by atoms with E-state index in [4.69, 9.17) is 5.73 Å². The summed E-state index contributed by atoms with van der Waals surface area (Å²) in [7, 11) is 0. The number of rotatable bonds is 8. The molecule has 3 amide bonds. The van der Waals surface area contributed by atoms with Crippen molar-refractivity contribution in [2.75, 3.05) is 0 Å². The van der Waals surface area contributed by atoms with Gasteiger partial charge in [-0.1, -0.05) is 60.7 Å². The summed E-state index contributed by atoms with van der Waals surface area (Å²) in [6, 6.07) is 16.7. The molecule has 0 aliphatic carbocycles. The zero-order valence-corrected chi connectivity index (χ0v) is 16.6. The van der Waals surface area contributed by atoms with Crippen LogP contribution in [0.2, 0.25) is 0 Å². The number of nitrogens with one attached hydrogen (secondary N) is 1. The minimum atomic E-state index is -1.10. The van der Waals surface area contributed by atoms with Crippen LogP contribution in [0.25, 0.3) is 0 Å². The first-order valence-electron chi connectivity index (χ1n) is 9.97. The van der Waals surface area contributed by atoms with Crippen LogP contribution in [0.3, 0.4) is 0 Å². The molecule has 7 heteroatoms. The highest BCUT2D eigenvalue weighted by Crippen LogP contribution is 2.21. The number of nitrogens with two attached hydrogens (primary N) is 1. The Kier molecular flexibility index (Phi) is 6.95. The van der Waals surface area contributed by atoms with Crippen molar-refractivity contribution in [1.82, 2.24) is 10.2 Å². The number of amides is 3. The first-order chi connectivity index (χ1) is 14.5. The number of hydrogen-bond donors (Lipinski definition) is 2. The van der Waals surface area contributed by atoms with Gasteiger partial charge in [0.2, 0.25) is 17.6 Å². The SMILES string of the molecule is NC(=O)C(=O)C(Cc1ccccc1)NC(=O)C1CCCC(=O)N1Cc1ccccc1. The standard InChI is InChI=1S/C23H25N3O4/c24-22(29)21(28)18(14-16-8-3-1-4-9-16)25-23(30)19-12-7-13-20(27)26(19)15-17-10-5-2-6-11-17/h1-6,8-11,18-19H,7,12-15H2,(H2,24,29)(H,25,30). The zero-order valence-electron chi connectivity index (χ0n) is 16.6. The summed E-state index contributed by atoms with van der Waals surface area (Å²) in [5, 5.41) is 2.67. The van der Waals surface area contributed by atoms with Gasteiger partial charge in [0.05, 0.1) is 0 Å². The van der Waals surface area contributed by atoms with E-state index >= 15 is 0 Å². The van der Waals surface area contributed by atoms with Gasteiger partial charge in [0.1, 0.15) is 12.1 Å². The molecular weight excluding hydrogens is 382 g/mol. The molecule has 1 saturated heterocycles. The maximum Gasteiger partial charge on any atom is 0.287 e. The van der Waals surface area contributed by atoms with E-state index in [0.717, 1.165) is 11.1 Å². The van der Waals surface area contributed by atoms with Gasteiger partial charge in [-0.2, -0.15) is 0 Å². The molecule has 0 saturated carbocycles. The van der Waals surface area contributed by atoms with E-state index in [9.17, 15) is 19.2 Å². The molecule has 30 heavy (non-hydrogen) atoms. The molecule has 2 aromatic carbocycles. The van der Waals surface area contributed by atoms with Crippen LogP contribution in [0.5, 0.6) is 0 Å². The van der Waals surface area contributed by atoms with Crippen molar-refractivity contribution in [3.8, 4) is 0 Å². The Bertz CT molecular complexity index is 915. The molecule has 2 atom stereocenters. The molecule has 1 aliphatic heterocycles. The van der Waals surface area contributed by atoms with Crippen molar-refractivity contribution < 1.29 is 19.2 Å². The summed E-state index contributed by atoms with van der Waals surface area (Å²) in [4.78, 5) is 51.0. The number of benzene rings is 2. The maximum absolute atomic E-state index is 13.1. The van der Waals surface area contributed by atoms with Crippen LogP contribution in [-0.4, -0.2) is 40.5 Å². The van der Waals surface area contributed by atoms with Crippen LogP contribution < -0.4 is 11.1 Å². The van der Waals surface area contributed by atoms with Crippen LogP contribution in [0.4, 0.5) is 0 Å². The summed E-state index contributed by atoms with van der Waals surface area (Å²) in [5.41, 5.74) is 6.90. The highest BCUT2D eigenvalue weighted by atomic mass is 16.2. The number of piperidine rings is 1. The highest BCUT2D eigenvalue weighted by molar-refractivity contribution is 6.37. The fraction of sp³-hybridized carbons (Fsp3) is 0.304. The number of nitrogens with zero attached hydrogens (tertiary/aromatic N) is 1. The van der Waals surface area contributed by atoms with Gasteiger partial charge in [-0.25, -0.2) is 0 Å². The molecule has 0 bridgehead atoms. The third kappa shape index (κ3) is 5.31. The number of Topliss-reactive ketones (excluding diaryl/α,β-unsaturated/α-hetero) is 1. The maximum atomic E-state index is 13.1. The van der Waals surface area contributed by atoms with Crippen molar-refractivity contribution in [2.24, 2.45) is 5.73 Å². The molecule has 3 N–H and O–H groups in total. The van der Waals surface area contributed by atoms with Gasteiger partial charge in [0, 0.05) is 19.4 Å². The predicted molar refractivity (Wildman–Crippen MR) is 111 cm³/mol. The summed E-state index contributed by atoms with van der Waals surface area (Å²) < 4.78 is 0. The molecule has 1 heterocycles. The minimum Gasteiger partial charge on any atom is -0.363 e. The van der Waals surface area contributed by atoms with Gasteiger partial charge in [0.15, 0.2) is 0 Å². The minimum absolute atomic E-state index is 0.105. The van der Waals surface area contributed by atoms with Crippen LogP contribution in [0.1, 0.15) is 30.4 Å². The van der Waals surface area contributed by atoms with E-state index in [1.807, 2.05) is 48.5 Å². The number of ketones is 1. The molecule has 3 rings (SSSR count). The third-order valence-electron chi connectivity index (χ3n) is 5.22. The first-order valence-corrected chi connectivity index (χ1v) is 9.97. The van der Waals surface area contributed by atoms with Gasteiger partial charge in [-0.05, 0) is 24.0 Å². The second-order valence-electron chi connectivity index (χ2n) is 7.39. The largest absolute Gasteiger partial charge is 0.363 e. The normalized spacial score (nSPS) is 17.3. The molecule has 0 aromatic heterocycles. The molecule has 1 aliphatic rings. The van der Waals surface area contributed by atoms with Crippen LogP contribution >= 0.6 is 0 Å². The van der Waals surface area contributed by atoms with Crippen molar-refractivity contribution in [2.45, 2.75) is 44.3 Å². The number of primary amides is 1. The van der Waals surface area contributed by atoms with Crippen molar-refractivity contribution in [1.29, 1.82) is 0 Å². The van der Waals surface area contributed by atoms with Crippen LogP contribution in [0, 0.1) is 0 Å². The lowest BCUT2D eigenvalue weighted by molar-refractivity contribution is -0.145. The average Bonchev–Trinajstić information content (AvgIpc) is 2.75. The van der Waals surface area contributed by atoms with E-state index in [2.05, 4.69) is 5.32 Å². The average molecular weight is 407 g/mol. The summed E-state index contributed by atoms with van der Waals surface area (Å²) in [6.07, 6.45) is 1.61. The molecule has 1 fully saturated rings. The van der Waals surface area contributed by atoms with E-state index in [0.29, 0.717) is 25.8 Å². The second kappa shape index (κ2) is 9.82. The van der Waals surface area contributed by atoms with Gasteiger partial charge >= 0.3 is 0 Å². The van der Waals surface area contributed by atoms with E-state index in [-0.39, 0.29) is 12.3 Å². The Morgan fingerprint density at radius 1 is 1.00 bits per heavy atom. The lowest BCUT2D eigenvalue weighted by Crippen LogP contribution is -2.56. The molecule has 156 valence electrons. The first kappa shape index (κ1) is 21.2. The number of carbonyl (C=O) groups is 4. The molecular formula is C23H25N3O4. The van der Waals surface area contributed by atoms with Gasteiger partial charge in [-0.15, -0.1) is 0 Å². The number of carbonyl (C=O) groups excluding carboxylic acids is 4. The Morgan fingerprint density at radius 3 is 2.20 bits per heavy atom. The fourth-order valence-electron chi connectivity index (χ4n) is 3.67. The molecule has 7 nitrogen and oxygen atoms in total. The van der Waals surface area contributed by atoms with E-state index in [1.54, 1.807) is 17.0 Å². The number of hydrogen-bond acceptors (Lipinski definition) is 4. The Morgan fingerprint density at radius 2 is 1.60 bits per heavy atom. The van der Waals surface area contributed by atoms with E-state index < -0.39 is 29.7 Å². The summed E-state index contributed by atoms with van der Waals surface area (Å²) in [6.45, 7) is 0.310. The fourth-order valence-corrected chi connectivity index (χ4v) is 3.67. The van der Waals surface area contributed by atoms with E-state index in [1.165, 1.54) is 0 Å². The summed E-state index contributed by atoms with van der Waals surface area (Å²) >= 11 is 0. The smallest absolute Gasteiger partial charge is 0.287 e. The zero-order chi connectivity index (χ0) is 21.5. The second-order valence-corrected chi connectivity index (χ2v) is 7.39. The summed E-state index contributed by atoms with van der Waals surface area (Å²) in [5.74, 6) is -2.51. The topological polar surface area (TPSA) is 110 Å². The van der Waals surface area contributed by atoms with Crippen LogP contribution in [-0.2, 0) is 32.1 Å². The Balaban J connectivity index is 1.77. The Hall–Kier alpha value is -3.48. The molecule has 0 radical (unpaired) electrons. The van der Waals surface area contributed by atoms with Gasteiger partial charge in [-0.3, -0.25) is 19.2 Å². The van der Waals surface area contributed by atoms with Crippen molar-refractivity contribution in [3.05, 3.63) is 71.8 Å². The molecule has 0 spiro atoms. The molecule has 2 aromatic rings. The molecule has 2 unspecified atom stereocenters.